The molecule has 35 heavy (non-hydrogen) atoms. The van der Waals surface area contributed by atoms with Crippen molar-refractivity contribution in [2.45, 2.75) is 62.6 Å². The zero-order valence-electron chi connectivity index (χ0n) is 19.4. The monoisotopic (exact) mass is 502 g/mol. The summed E-state index contributed by atoms with van der Waals surface area (Å²) in [5.41, 5.74) is -1.20. The number of benzene rings is 1. The van der Waals surface area contributed by atoms with Crippen LogP contribution in [0.2, 0.25) is 5.15 Å². The molecule has 2 bridgehead atoms. The van der Waals surface area contributed by atoms with E-state index in [4.69, 9.17) is 16.6 Å². The summed E-state index contributed by atoms with van der Waals surface area (Å²) in [6.07, 6.45) is 3.15. The lowest BCUT2D eigenvalue weighted by atomic mass is 9.59. The highest BCUT2D eigenvalue weighted by Crippen LogP contribution is 2.54. The molecule has 0 aliphatic heterocycles. The Morgan fingerprint density at radius 3 is 2.46 bits per heavy atom. The van der Waals surface area contributed by atoms with E-state index in [1.807, 2.05) is 0 Å². The Hall–Kier alpha value is -3.07. The second-order valence-corrected chi connectivity index (χ2v) is 10.2. The van der Waals surface area contributed by atoms with Crippen molar-refractivity contribution in [3.05, 3.63) is 62.7 Å². The van der Waals surface area contributed by atoms with E-state index >= 15 is 0 Å². The molecule has 0 amide bonds. The van der Waals surface area contributed by atoms with Crippen LogP contribution >= 0.6 is 11.6 Å². The summed E-state index contributed by atoms with van der Waals surface area (Å²) in [5, 5.41) is 12.7. The molecule has 1 aromatic carbocycles. The number of carbonyl (C=O) groups is 1. The molecule has 3 saturated carbocycles. The van der Waals surface area contributed by atoms with Gasteiger partial charge in [-0.25, -0.2) is 23.5 Å². The molecule has 6 rings (SSSR count). The molecule has 3 aromatic rings. The van der Waals surface area contributed by atoms with Gasteiger partial charge in [0.05, 0.1) is 22.6 Å². The smallest absolute Gasteiger partial charge is 0.356 e. The fourth-order valence-electron chi connectivity index (χ4n) is 5.67. The molecular formula is C25H25ClF2N4O3. The molecule has 2 N–H and O–H groups in total. The van der Waals surface area contributed by atoms with Gasteiger partial charge in [-0.15, -0.1) is 0 Å². The van der Waals surface area contributed by atoms with Gasteiger partial charge < -0.3 is 10.4 Å². The minimum absolute atomic E-state index is 0.0307. The van der Waals surface area contributed by atoms with Crippen LogP contribution < -0.4 is 10.9 Å². The number of carboxylic acids is 1. The summed E-state index contributed by atoms with van der Waals surface area (Å²) >= 11 is 5.85. The van der Waals surface area contributed by atoms with E-state index < -0.39 is 28.9 Å². The molecule has 7 nitrogen and oxygen atoms in total. The molecule has 0 saturated heterocycles. The minimum Gasteiger partial charge on any atom is -0.476 e. The Labute approximate surface area is 205 Å². The lowest BCUT2D eigenvalue weighted by Gasteiger charge is -2.49. The predicted octanol–water partition coefficient (Wildman–Crippen LogP) is 5.31. The number of alkyl halides is 1. The maximum Gasteiger partial charge on any atom is 0.356 e. The highest BCUT2D eigenvalue weighted by atomic mass is 35.5. The van der Waals surface area contributed by atoms with E-state index in [0.29, 0.717) is 55.4 Å². The maximum atomic E-state index is 14.8. The first-order valence-electron chi connectivity index (χ1n) is 11.6. The van der Waals surface area contributed by atoms with Crippen LogP contribution in [0.25, 0.3) is 10.9 Å². The van der Waals surface area contributed by atoms with E-state index in [1.54, 1.807) is 14.0 Å². The van der Waals surface area contributed by atoms with Crippen LogP contribution in [0.3, 0.4) is 0 Å². The summed E-state index contributed by atoms with van der Waals surface area (Å²) in [6.45, 7) is 1.73. The molecule has 184 valence electrons. The standard InChI is InChI=1S/C25H25ClF2N4O3/c1-13(29-17-3-4-18(26)30-20(17)22(34)35)15-11-14(27)12-16-19(15)31-23(32(2)21(16)33)24-5-8-25(28,9-6-24)10-7-24/h3-4,11-13,29H,5-10H2,1-2H3,(H,34,35)/t13-,24?,25?/m1/s1. The van der Waals surface area contributed by atoms with Crippen molar-refractivity contribution in [2.75, 3.05) is 5.32 Å². The van der Waals surface area contributed by atoms with Gasteiger partial charge >= 0.3 is 5.97 Å². The van der Waals surface area contributed by atoms with Crippen molar-refractivity contribution in [3.63, 3.8) is 0 Å². The van der Waals surface area contributed by atoms with Crippen LogP contribution in [0.1, 0.15) is 73.4 Å². The molecule has 2 heterocycles. The van der Waals surface area contributed by atoms with Gasteiger partial charge in [-0.1, -0.05) is 11.6 Å². The highest BCUT2D eigenvalue weighted by molar-refractivity contribution is 6.29. The number of nitrogens with one attached hydrogen (secondary N) is 1. The topological polar surface area (TPSA) is 97.1 Å². The fourth-order valence-corrected chi connectivity index (χ4v) is 5.82. The minimum atomic E-state index is -1.27. The quantitative estimate of drug-likeness (QED) is 0.459. The average Bonchev–Trinajstić information content (AvgIpc) is 2.83. The number of anilines is 1. The second-order valence-electron chi connectivity index (χ2n) is 9.82. The summed E-state index contributed by atoms with van der Waals surface area (Å²) in [5.74, 6) is -1.27. The van der Waals surface area contributed by atoms with E-state index in [-0.39, 0.29) is 27.5 Å². The highest BCUT2D eigenvalue weighted by Gasteiger charge is 2.51. The van der Waals surface area contributed by atoms with E-state index in [9.17, 15) is 23.5 Å². The third-order valence-electron chi connectivity index (χ3n) is 7.71. The number of hydrogen-bond acceptors (Lipinski definition) is 5. The molecule has 3 fully saturated rings. The van der Waals surface area contributed by atoms with Gasteiger partial charge in [-0.3, -0.25) is 9.36 Å². The number of hydrogen-bond donors (Lipinski definition) is 2. The van der Waals surface area contributed by atoms with Crippen LogP contribution in [0, 0.1) is 5.82 Å². The first kappa shape index (κ1) is 23.7. The third kappa shape index (κ3) is 3.95. The van der Waals surface area contributed by atoms with Crippen molar-refractivity contribution in [2.24, 2.45) is 7.05 Å². The summed E-state index contributed by atoms with van der Waals surface area (Å²) in [7, 11) is 1.63. The molecule has 0 unspecified atom stereocenters. The van der Waals surface area contributed by atoms with Crippen LogP contribution in [-0.4, -0.2) is 31.3 Å². The van der Waals surface area contributed by atoms with Crippen molar-refractivity contribution in [3.8, 4) is 0 Å². The average molecular weight is 503 g/mol. The third-order valence-corrected chi connectivity index (χ3v) is 7.92. The Bertz CT molecular complexity index is 1400. The number of pyridine rings is 1. The summed E-state index contributed by atoms with van der Waals surface area (Å²) in [6, 6.07) is 4.79. The van der Waals surface area contributed by atoms with Crippen LogP contribution in [-0.2, 0) is 12.5 Å². The summed E-state index contributed by atoms with van der Waals surface area (Å²) < 4.78 is 30.9. The number of aromatic carboxylic acids is 1. The molecule has 10 heteroatoms. The Morgan fingerprint density at radius 2 is 1.83 bits per heavy atom. The Morgan fingerprint density at radius 1 is 1.17 bits per heavy atom. The van der Waals surface area contributed by atoms with Gasteiger partial charge in [0.1, 0.15) is 22.5 Å². The number of carboxylic acid groups (broad SMARTS) is 1. The Balaban J connectivity index is 1.63. The molecule has 3 aliphatic carbocycles. The van der Waals surface area contributed by atoms with Gasteiger partial charge in [0, 0.05) is 18.0 Å². The first-order valence-corrected chi connectivity index (χ1v) is 12.0. The molecule has 3 aliphatic rings. The number of aromatic nitrogens is 3. The second kappa shape index (κ2) is 8.26. The van der Waals surface area contributed by atoms with Gasteiger partial charge in [0.2, 0.25) is 0 Å². The van der Waals surface area contributed by atoms with E-state index in [0.717, 1.165) is 0 Å². The van der Waals surface area contributed by atoms with E-state index in [1.165, 1.54) is 28.8 Å². The number of rotatable bonds is 5. The van der Waals surface area contributed by atoms with Gasteiger partial charge in [-0.05, 0) is 69.7 Å². The normalized spacial score (nSPS) is 24.5. The largest absolute Gasteiger partial charge is 0.476 e. The predicted molar refractivity (Wildman–Crippen MR) is 128 cm³/mol. The van der Waals surface area contributed by atoms with Crippen LogP contribution in [0.4, 0.5) is 14.5 Å². The number of fused-ring (bicyclic) bond motifs is 4. The zero-order chi connectivity index (χ0) is 25.1. The number of nitrogens with zero attached hydrogens (tertiary/aromatic N) is 3. The lowest BCUT2D eigenvalue weighted by Crippen LogP contribution is -2.48. The maximum absolute atomic E-state index is 14.8. The molecule has 0 radical (unpaired) electrons. The first-order chi connectivity index (χ1) is 16.5. The van der Waals surface area contributed by atoms with Gasteiger partial charge in [0.25, 0.3) is 5.56 Å². The van der Waals surface area contributed by atoms with Crippen LogP contribution in [0.15, 0.2) is 29.1 Å². The van der Waals surface area contributed by atoms with Crippen molar-refractivity contribution < 1.29 is 18.7 Å². The Kier molecular flexibility index (Phi) is 5.58. The summed E-state index contributed by atoms with van der Waals surface area (Å²) in [4.78, 5) is 33.8. The van der Waals surface area contributed by atoms with Crippen molar-refractivity contribution in [1.29, 1.82) is 0 Å². The van der Waals surface area contributed by atoms with Crippen LogP contribution in [0.5, 0.6) is 0 Å². The molecule has 2 aromatic heterocycles. The number of halogens is 3. The molecule has 1 atom stereocenters. The van der Waals surface area contributed by atoms with Crippen molar-refractivity contribution >= 4 is 34.2 Å². The molecule has 0 spiro atoms. The lowest BCUT2D eigenvalue weighted by molar-refractivity contribution is -0.00103. The van der Waals surface area contributed by atoms with E-state index in [2.05, 4.69) is 10.3 Å². The van der Waals surface area contributed by atoms with Crippen molar-refractivity contribution in [1.82, 2.24) is 14.5 Å². The molecular weight excluding hydrogens is 478 g/mol. The zero-order valence-corrected chi connectivity index (χ0v) is 20.1. The fraction of sp³-hybridized carbons (Fsp3) is 0.440. The SMILES string of the molecule is C[C@@H](Nc1ccc(Cl)nc1C(=O)O)c1cc(F)cc2c(=O)n(C)c(C34CCC(F)(CC3)CC4)nc12. The van der Waals surface area contributed by atoms with Gasteiger partial charge in [-0.2, -0.15) is 0 Å². The van der Waals surface area contributed by atoms with Gasteiger partial charge in [0.15, 0.2) is 5.69 Å².